The van der Waals surface area contributed by atoms with Crippen LogP contribution in [0.2, 0.25) is 0 Å². The second-order valence-corrected chi connectivity index (χ2v) is 6.61. The number of ether oxygens (including phenoxy) is 1. The molecule has 0 aromatic heterocycles. The van der Waals surface area contributed by atoms with E-state index in [-0.39, 0.29) is 5.97 Å². The molecule has 0 unspecified atom stereocenters. The summed E-state index contributed by atoms with van der Waals surface area (Å²) in [4.78, 5) is 16.8. The number of rotatable bonds is 5. The Bertz CT molecular complexity index is 694. The number of likely N-dealkylation sites (tertiary alicyclic amines) is 1. The Balaban J connectivity index is 1.62. The number of anilines is 1. The summed E-state index contributed by atoms with van der Waals surface area (Å²) in [5.41, 5.74) is 2.96. The molecule has 132 valence electrons. The van der Waals surface area contributed by atoms with E-state index in [1.165, 1.54) is 12.7 Å². The third-order valence-corrected chi connectivity index (χ3v) is 5.04. The summed E-state index contributed by atoms with van der Waals surface area (Å²) in [7, 11) is 3.51. The number of benzene rings is 2. The minimum absolute atomic E-state index is 0.274. The zero-order valence-electron chi connectivity index (χ0n) is 15.0. The van der Waals surface area contributed by atoms with Crippen LogP contribution in [0.1, 0.15) is 28.8 Å². The van der Waals surface area contributed by atoms with Gasteiger partial charge in [-0.1, -0.05) is 42.5 Å². The minimum Gasteiger partial charge on any atom is -0.465 e. The first kappa shape index (κ1) is 17.5. The fraction of sp³-hybridized carbons (Fsp3) is 0.381. The van der Waals surface area contributed by atoms with Gasteiger partial charge >= 0.3 is 5.97 Å². The van der Waals surface area contributed by atoms with Crippen LogP contribution >= 0.6 is 0 Å². The molecule has 0 N–H and O–H groups in total. The normalized spacial score (nSPS) is 15.8. The SMILES string of the molecule is COC(=O)c1ccccc1N(C)C1CCN(Cc2ccccc2)CC1. The van der Waals surface area contributed by atoms with Crippen LogP contribution in [-0.4, -0.2) is 44.2 Å². The minimum atomic E-state index is -0.274. The highest BCUT2D eigenvalue weighted by atomic mass is 16.5. The molecule has 0 spiro atoms. The zero-order chi connectivity index (χ0) is 17.6. The fourth-order valence-electron chi connectivity index (χ4n) is 3.57. The number of hydrogen-bond donors (Lipinski definition) is 0. The number of hydrogen-bond acceptors (Lipinski definition) is 4. The monoisotopic (exact) mass is 338 g/mol. The van der Waals surface area contributed by atoms with Crippen LogP contribution in [-0.2, 0) is 11.3 Å². The molecule has 2 aromatic carbocycles. The van der Waals surface area contributed by atoms with Gasteiger partial charge in [0.25, 0.3) is 0 Å². The van der Waals surface area contributed by atoms with Crippen molar-refractivity contribution in [1.29, 1.82) is 0 Å². The van der Waals surface area contributed by atoms with E-state index >= 15 is 0 Å². The third kappa shape index (κ3) is 4.20. The standard InChI is InChI=1S/C21H26N2O2/c1-22(20-11-7-6-10-19(20)21(24)25-2)18-12-14-23(15-13-18)16-17-8-4-3-5-9-17/h3-11,18H,12-16H2,1-2H3. The van der Waals surface area contributed by atoms with Gasteiger partial charge in [0.15, 0.2) is 0 Å². The predicted octanol–water partition coefficient (Wildman–Crippen LogP) is 3.57. The molecular formula is C21H26N2O2. The van der Waals surface area contributed by atoms with Gasteiger partial charge in [-0.25, -0.2) is 4.79 Å². The molecule has 25 heavy (non-hydrogen) atoms. The van der Waals surface area contributed by atoms with Gasteiger partial charge in [-0.3, -0.25) is 4.90 Å². The number of nitrogens with zero attached hydrogens (tertiary/aromatic N) is 2. The molecule has 1 saturated heterocycles. The van der Waals surface area contributed by atoms with Gasteiger partial charge in [0.1, 0.15) is 0 Å². The molecule has 1 aliphatic rings. The van der Waals surface area contributed by atoms with E-state index in [9.17, 15) is 4.79 Å². The molecule has 3 rings (SSSR count). The van der Waals surface area contributed by atoms with Crippen molar-refractivity contribution in [3.63, 3.8) is 0 Å². The number of piperidine rings is 1. The van der Waals surface area contributed by atoms with Gasteiger partial charge in [0, 0.05) is 32.7 Å². The molecule has 0 atom stereocenters. The maximum absolute atomic E-state index is 12.0. The largest absolute Gasteiger partial charge is 0.465 e. The predicted molar refractivity (Wildman–Crippen MR) is 101 cm³/mol. The Morgan fingerprint density at radius 2 is 1.72 bits per heavy atom. The first-order chi connectivity index (χ1) is 12.2. The van der Waals surface area contributed by atoms with Crippen LogP contribution in [0.15, 0.2) is 54.6 Å². The topological polar surface area (TPSA) is 32.8 Å². The van der Waals surface area contributed by atoms with Crippen molar-refractivity contribution in [2.75, 3.05) is 32.1 Å². The molecule has 2 aromatic rings. The Kier molecular flexibility index (Phi) is 5.71. The smallest absolute Gasteiger partial charge is 0.339 e. The van der Waals surface area contributed by atoms with E-state index in [1.807, 2.05) is 24.3 Å². The van der Waals surface area contributed by atoms with E-state index in [0.717, 1.165) is 38.2 Å². The van der Waals surface area contributed by atoms with Crippen molar-refractivity contribution in [2.24, 2.45) is 0 Å². The fourth-order valence-corrected chi connectivity index (χ4v) is 3.57. The lowest BCUT2D eigenvalue weighted by Gasteiger charge is -2.38. The van der Waals surface area contributed by atoms with Gasteiger partial charge in [-0.05, 0) is 30.5 Å². The van der Waals surface area contributed by atoms with Crippen molar-refractivity contribution in [1.82, 2.24) is 4.90 Å². The molecule has 1 heterocycles. The summed E-state index contributed by atoms with van der Waals surface area (Å²) in [5.74, 6) is -0.274. The summed E-state index contributed by atoms with van der Waals surface area (Å²) in [5, 5.41) is 0. The van der Waals surface area contributed by atoms with E-state index in [1.54, 1.807) is 0 Å². The van der Waals surface area contributed by atoms with Crippen molar-refractivity contribution in [3.8, 4) is 0 Å². The third-order valence-electron chi connectivity index (χ3n) is 5.04. The number of carbonyl (C=O) groups excluding carboxylic acids is 1. The highest BCUT2D eigenvalue weighted by Crippen LogP contribution is 2.26. The van der Waals surface area contributed by atoms with Crippen LogP contribution in [0.4, 0.5) is 5.69 Å². The van der Waals surface area contributed by atoms with Crippen LogP contribution < -0.4 is 4.90 Å². The quantitative estimate of drug-likeness (QED) is 0.780. The highest BCUT2D eigenvalue weighted by Gasteiger charge is 2.25. The molecule has 0 amide bonds. The molecule has 4 nitrogen and oxygen atoms in total. The maximum Gasteiger partial charge on any atom is 0.339 e. The maximum atomic E-state index is 12.0. The second kappa shape index (κ2) is 8.17. The summed E-state index contributed by atoms with van der Waals surface area (Å²) in [6.45, 7) is 3.16. The van der Waals surface area contributed by atoms with Gasteiger partial charge < -0.3 is 9.64 Å². The first-order valence-corrected chi connectivity index (χ1v) is 8.85. The van der Waals surface area contributed by atoms with Crippen LogP contribution in [0.25, 0.3) is 0 Å². The molecule has 0 bridgehead atoms. The lowest BCUT2D eigenvalue weighted by molar-refractivity contribution is 0.0601. The van der Waals surface area contributed by atoms with Crippen LogP contribution in [0.3, 0.4) is 0 Å². The number of esters is 1. The molecule has 1 aliphatic heterocycles. The van der Waals surface area contributed by atoms with Crippen molar-refractivity contribution >= 4 is 11.7 Å². The van der Waals surface area contributed by atoms with Gasteiger partial charge in [-0.15, -0.1) is 0 Å². The Labute approximate surface area is 150 Å². The molecule has 0 saturated carbocycles. The summed E-state index contributed by atoms with van der Waals surface area (Å²) < 4.78 is 4.92. The van der Waals surface area contributed by atoms with Gasteiger partial charge in [0.2, 0.25) is 0 Å². The summed E-state index contributed by atoms with van der Waals surface area (Å²) in [6, 6.07) is 18.8. The Morgan fingerprint density at radius 3 is 2.40 bits per heavy atom. The lowest BCUT2D eigenvalue weighted by atomic mass is 10.0. The van der Waals surface area contributed by atoms with Crippen molar-refractivity contribution in [2.45, 2.75) is 25.4 Å². The van der Waals surface area contributed by atoms with E-state index < -0.39 is 0 Å². The highest BCUT2D eigenvalue weighted by molar-refractivity contribution is 5.95. The lowest BCUT2D eigenvalue weighted by Crippen LogP contribution is -2.43. The number of carbonyl (C=O) groups is 1. The van der Waals surface area contributed by atoms with Crippen LogP contribution in [0, 0.1) is 0 Å². The summed E-state index contributed by atoms with van der Waals surface area (Å²) in [6.07, 6.45) is 2.19. The molecular weight excluding hydrogens is 312 g/mol. The number of para-hydroxylation sites is 1. The Hall–Kier alpha value is -2.33. The first-order valence-electron chi connectivity index (χ1n) is 8.85. The molecule has 1 fully saturated rings. The average molecular weight is 338 g/mol. The van der Waals surface area contributed by atoms with E-state index in [0.29, 0.717) is 11.6 Å². The zero-order valence-corrected chi connectivity index (χ0v) is 15.0. The number of methoxy groups -OCH3 is 1. The van der Waals surface area contributed by atoms with Crippen molar-refractivity contribution < 1.29 is 9.53 Å². The molecule has 0 aliphatic carbocycles. The van der Waals surface area contributed by atoms with Crippen molar-refractivity contribution in [3.05, 3.63) is 65.7 Å². The summed E-state index contributed by atoms with van der Waals surface area (Å²) >= 11 is 0. The van der Waals surface area contributed by atoms with Gasteiger partial charge in [0.05, 0.1) is 18.4 Å². The average Bonchev–Trinajstić information content (AvgIpc) is 2.68. The molecule has 4 heteroatoms. The second-order valence-electron chi connectivity index (χ2n) is 6.61. The van der Waals surface area contributed by atoms with E-state index in [4.69, 9.17) is 4.74 Å². The molecule has 0 radical (unpaired) electrons. The van der Waals surface area contributed by atoms with E-state index in [2.05, 4.69) is 47.2 Å². The van der Waals surface area contributed by atoms with Crippen LogP contribution in [0.5, 0.6) is 0 Å². The Morgan fingerprint density at radius 1 is 1.08 bits per heavy atom. The van der Waals surface area contributed by atoms with Gasteiger partial charge in [-0.2, -0.15) is 0 Å².